The summed E-state index contributed by atoms with van der Waals surface area (Å²) in [5.41, 5.74) is 4.23. The van der Waals surface area contributed by atoms with Crippen LogP contribution in [0, 0.1) is 18.2 Å². The minimum Gasteiger partial charge on any atom is -0.267 e. The van der Waals surface area contributed by atoms with Crippen molar-refractivity contribution in [3.63, 3.8) is 0 Å². The summed E-state index contributed by atoms with van der Waals surface area (Å²) in [6.45, 7) is 2.07. The second-order valence-corrected chi connectivity index (χ2v) is 8.12. The maximum absolute atomic E-state index is 14.1. The summed E-state index contributed by atoms with van der Waals surface area (Å²) in [6, 6.07) is 8.02. The van der Waals surface area contributed by atoms with Gasteiger partial charge in [0.2, 0.25) is 0 Å². The number of nitrogens with one attached hydrogen (secondary N) is 1. The van der Waals surface area contributed by atoms with Gasteiger partial charge in [-0.1, -0.05) is 0 Å². The first-order valence-corrected chi connectivity index (χ1v) is 9.41. The first-order valence-electron chi connectivity index (χ1n) is 9.41. The number of alkyl halides is 2. The van der Waals surface area contributed by atoms with Gasteiger partial charge in [0.1, 0.15) is 11.5 Å². The Labute approximate surface area is 163 Å². The van der Waals surface area contributed by atoms with Crippen LogP contribution >= 0.6 is 0 Å². The first kappa shape index (κ1) is 16.8. The number of nitrogens with zero attached hydrogens (tertiary/aromatic N) is 4. The second kappa shape index (κ2) is 5.25. The van der Waals surface area contributed by atoms with E-state index < -0.39 is 11.3 Å². The predicted octanol–water partition coefficient (Wildman–Crippen LogP) is 4.52. The molecule has 4 heterocycles. The van der Waals surface area contributed by atoms with Crippen LogP contribution in [0.2, 0.25) is 0 Å². The summed E-state index contributed by atoms with van der Waals surface area (Å²) in [6.07, 6.45) is 1.85. The summed E-state index contributed by atoms with van der Waals surface area (Å²) < 4.78 is 43.4. The monoisotopic (exact) mass is 395 g/mol. The van der Waals surface area contributed by atoms with Gasteiger partial charge in [0, 0.05) is 46.3 Å². The average molecular weight is 395 g/mol. The van der Waals surface area contributed by atoms with Crippen molar-refractivity contribution in [1.82, 2.24) is 25.0 Å². The standard InChI is InChI=1S/C21H16F3N5/c1-11-6-14(15-8-25-27-19(15)26-11)17-16-7-20(9-21(20,23)24)10-29(16)28-18(17)12-2-4-13(22)5-3-12/h2-6,8H,7,9-10H2,1H3,(H,25,26,27)/t20-/m0/s1. The van der Waals surface area contributed by atoms with Crippen LogP contribution in [0.4, 0.5) is 13.2 Å². The lowest BCUT2D eigenvalue weighted by molar-refractivity contribution is 0.0630. The third-order valence-electron chi connectivity index (χ3n) is 6.16. The topological polar surface area (TPSA) is 59.4 Å². The molecule has 1 spiro atoms. The highest BCUT2D eigenvalue weighted by Gasteiger charge is 2.73. The molecular weight excluding hydrogens is 379 g/mol. The van der Waals surface area contributed by atoms with Gasteiger partial charge in [0.05, 0.1) is 18.2 Å². The number of fused-ring (bicyclic) bond motifs is 2. The van der Waals surface area contributed by atoms with Crippen LogP contribution in [0.25, 0.3) is 33.4 Å². The van der Waals surface area contributed by atoms with Crippen molar-refractivity contribution in [3.8, 4) is 22.4 Å². The minimum absolute atomic E-state index is 0.106. The van der Waals surface area contributed by atoms with Gasteiger partial charge < -0.3 is 0 Å². The molecule has 1 atom stereocenters. The van der Waals surface area contributed by atoms with Gasteiger partial charge in [-0.2, -0.15) is 10.2 Å². The quantitative estimate of drug-likeness (QED) is 0.543. The van der Waals surface area contributed by atoms with Crippen molar-refractivity contribution in [2.24, 2.45) is 5.41 Å². The molecule has 0 saturated heterocycles. The van der Waals surface area contributed by atoms with Crippen LogP contribution in [0.5, 0.6) is 0 Å². The molecule has 1 aliphatic heterocycles. The Kier molecular flexibility index (Phi) is 3.04. The Morgan fingerprint density at radius 1 is 1.17 bits per heavy atom. The highest BCUT2D eigenvalue weighted by Crippen LogP contribution is 2.66. The number of aryl methyl sites for hydroxylation is 1. The van der Waals surface area contributed by atoms with Gasteiger partial charge in [-0.15, -0.1) is 0 Å². The Balaban J connectivity index is 1.62. The molecule has 1 aromatic carbocycles. The van der Waals surface area contributed by atoms with Crippen LogP contribution in [-0.4, -0.2) is 30.9 Å². The zero-order valence-electron chi connectivity index (χ0n) is 15.5. The van der Waals surface area contributed by atoms with Crippen LogP contribution in [0.15, 0.2) is 36.5 Å². The zero-order valence-corrected chi connectivity index (χ0v) is 15.5. The molecule has 0 bridgehead atoms. The van der Waals surface area contributed by atoms with Crippen molar-refractivity contribution in [2.75, 3.05) is 0 Å². The summed E-state index contributed by atoms with van der Waals surface area (Å²) in [5, 5.41) is 12.5. The van der Waals surface area contributed by atoms with Crippen LogP contribution in [-0.2, 0) is 13.0 Å². The number of halogens is 3. The number of benzene rings is 1. The zero-order chi connectivity index (χ0) is 20.0. The maximum Gasteiger partial charge on any atom is 0.256 e. The van der Waals surface area contributed by atoms with Crippen molar-refractivity contribution in [1.29, 1.82) is 0 Å². The Hall–Kier alpha value is -3.16. The number of aromatic nitrogens is 5. The SMILES string of the molecule is Cc1cc(-c2c(-c3ccc(F)cc3)nn3c2C[C@@]2(C3)CC2(F)F)c2cn[nH]c2n1. The Morgan fingerprint density at radius 2 is 1.93 bits per heavy atom. The number of aromatic amines is 1. The van der Waals surface area contributed by atoms with E-state index in [0.29, 0.717) is 11.3 Å². The molecule has 146 valence electrons. The molecule has 1 saturated carbocycles. The fourth-order valence-electron chi connectivity index (χ4n) is 4.57. The molecule has 5 nitrogen and oxygen atoms in total. The molecular formula is C21H16F3N5. The van der Waals surface area contributed by atoms with Crippen LogP contribution in [0.1, 0.15) is 17.8 Å². The van der Waals surface area contributed by atoms with Crippen LogP contribution < -0.4 is 0 Å². The number of pyridine rings is 1. The number of hydrogen-bond donors (Lipinski definition) is 1. The van der Waals surface area contributed by atoms with Crippen molar-refractivity contribution < 1.29 is 13.2 Å². The van der Waals surface area contributed by atoms with E-state index in [2.05, 4.69) is 15.2 Å². The van der Waals surface area contributed by atoms with E-state index in [1.165, 1.54) is 12.1 Å². The summed E-state index contributed by atoms with van der Waals surface area (Å²) in [4.78, 5) is 4.46. The second-order valence-electron chi connectivity index (χ2n) is 8.12. The van der Waals surface area contributed by atoms with Crippen molar-refractivity contribution in [2.45, 2.75) is 32.2 Å². The summed E-state index contributed by atoms with van der Waals surface area (Å²) >= 11 is 0. The highest BCUT2D eigenvalue weighted by atomic mass is 19.3. The van der Waals surface area contributed by atoms with E-state index in [9.17, 15) is 13.2 Å². The van der Waals surface area contributed by atoms with Gasteiger partial charge in [-0.3, -0.25) is 9.78 Å². The smallest absolute Gasteiger partial charge is 0.256 e. The molecule has 1 aliphatic carbocycles. The predicted molar refractivity (Wildman–Crippen MR) is 101 cm³/mol. The van der Waals surface area contributed by atoms with Crippen LogP contribution in [0.3, 0.4) is 0 Å². The normalized spacial score (nSPS) is 21.8. The van der Waals surface area contributed by atoms with Gasteiger partial charge in [-0.25, -0.2) is 18.2 Å². The molecule has 0 amide bonds. The van der Waals surface area contributed by atoms with E-state index in [1.807, 2.05) is 13.0 Å². The largest absolute Gasteiger partial charge is 0.267 e. The van der Waals surface area contributed by atoms with E-state index in [-0.39, 0.29) is 25.2 Å². The molecule has 2 aliphatic rings. The minimum atomic E-state index is -2.65. The molecule has 29 heavy (non-hydrogen) atoms. The fraction of sp³-hybridized carbons (Fsp3) is 0.286. The maximum atomic E-state index is 14.1. The van der Waals surface area contributed by atoms with Gasteiger partial charge in [-0.05, 0) is 37.3 Å². The third kappa shape index (κ3) is 2.25. The van der Waals surface area contributed by atoms with Gasteiger partial charge >= 0.3 is 0 Å². The molecule has 1 N–H and O–H groups in total. The summed E-state index contributed by atoms with van der Waals surface area (Å²) in [7, 11) is 0. The number of H-pyrrole nitrogens is 1. The van der Waals surface area contributed by atoms with Gasteiger partial charge in [0.25, 0.3) is 5.92 Å². The molecule has 1 fully saturated rings. The Morgan fingerprint density at radius 3 is 2.66 bits per heavy atom. The highest BCUT2D eigenvalue weighted by molar-refractivity contribution is 5.98. The molecule has 8 heteroatoms. The van der Waals surface area contributed by atoms with Gasteiger partial charge in [0.15, 0.2) is 5.65 Å². The third-order valence-corrected chi connectivity index (χ3v) is 6.16. The molecule has 6 rings (SSSR count). The first-order chi connectivity index (χ1) is 13.9. The van der Waals surface area contributed by atoms with E-state index in [0.717, 1.165) is 33.5 Å². The number of hydrogen-bond acceptors (Lipinski definition) is 3. The lowest BCUT2D eigenvalue weighted by atomic mass is 9.93. The average Bonchev–Trinajstić information content (AvgIpc) is 3.11. The van der Waals surface area contributed by atoms with Crippen molar-refractivity contribution >= 4 is 11.0 Å². The molecule has 4 aromatic rings. The molecule has 0 unspecified atom stereocenters. The Bertz CT molecular complexity index is 1290. The van der Waals surface area contributed by atoms with E-state index >= 15 is 0 Å². The van der Waals surface area contributed by atoms with E-state index in [4.69, 9.17) is 5.10 Å². The molecule has 0 radical (unpaired) electrons. The van der Waals surface area contributed by atoms with Crippen molar-refractivity contribution in [3.05, 3.63) is 53.7 Å². The molecule has 3 aromatic heterocycles. The fourth-order valence-corrected chi connectivity index (χ4v) is 4.57. The number of rotatable bonds is 2. The summed E-state index contributed by atoms with van der Waals surface area (Å²) in [5.74, 6) is -2.99. The lowest BCUT2D eigenvalue weighted by Crippen LogP contribution is -2.13. The lowest BCUT2D eigenvalue weighted by Gasteiger charge is -2.10. The van der Waals surface area contributed by atoms with E-state index in [1.54, 1.807) is 23.0 Å².